The Kier molecular flexibility index (Phi) is 5.21. The Morgan fingerprint density at radius 2 is 1.41 bits per heavy atom. The molecule has 0 saturated carbocycles. The molecule has 0 aliphatic carbocycles. The van der Waals surface area contributed by atoms with Gasteiger partial charge in [-0.3, -0.25) is 0 Å². The van der Waals surface area contributed by atoms with Crippen LogP contribution < -0.4 is 9.83 Å². The van der Waals surface area contributed by atoms with Crippen LogP contribution in [0.3, 0.4) is 0 Å². The zero-order valence-electron chi connectivity index (χ0n) is 11.2. The Hall–Kier alpha value is -0.804. The van der Waals surface area contributed by atoms with Crippen LogP contribution in [0.25, 0.3) is 0 Å². The first-order valence-electron chi connectivity index (χ1n) is 4.81. The van der Waals surface area contributed by atoms with Crippen molar-refractivity contribution in [1.29, 1.82) is 0 Å². The molecule has 1 atom stereocenters. The van der Waals surface area contributed by atoms with Crippen LogP contribution in [-0.2, 0) is 4.57 Å². The van der Waals surface area contributed by atoms with Crippen molar-refractivity contribution in [1.82, 2.24) is 0 Å². The van der Waals surface area contributed by atoms with Gasteiger partial charge < -0.3 is 12.3 Å². The predicted octanol–water partition coefficient (Wildman–Crippen LogP) is 2.42. The van der Waals surface area contributed by atoms with Crippen LogP contribution in [-0.4, -0.2) is 27.9 Å². The van der Waals surface area contributed by atoms with E-state index in [1.165, 1.54) is 0 Å². The predicted molar refractivity (Wildman–Crippen MR) is 70.9 cm³/mol. The summed E-state index contributed by atoms with van der Waals surface area (Å²) in [6, 6.07) is 16.9. The molecule has 1 N–H and O–H groups in total. The Labute approximate surface area is 119 Å². The van der Waals surface area contributed by atoms with Gasteiger partial charge in [-0.1, -0.05) is 36.4 Å². The monoisotopic (exact) mass is 260 g/mol. The molecule has 3 nitrogen and oxygen atoms in total. The van der Waals surface area contributed by atoms with Gasteiger partial charge in [-0.15, -0.1) is 0 Å². The molecule has 0 saturated heterocycles. The van der Waals surface area contributed by atoms with Gasteiger partial charge in [0, 0.05) is 0 Å². The van der Waals surface area contributed by atoms with E-state index in [1.807, 2.05) is 6.07 Å². The molecule has 0 heterocycles. The number of hydrogen-bond donors (Lipinski definition) is 1. The molecule has 0 aliphatic heterocycles. The van der Waals surface area contributed by atoms with E-state index in [0.29, 0.717) is 11.1 Å². The van der Waals surface area contributed by atoms with Crippen LogP contribution in [0.4, 0.5) is 0 Å². The molecular formula is C12H13MgO3P. The van der Waals surface area contributed by atoms with Crippen LogP contribution in [0.2, 0.25) is 0 Å². The molecule has 1 unspecified atom stereocenters. The molecule has 0 fully saturated rings. The second-order valence-corrected chi connectivity index (χ2v) is 5.00. The van der Waals surface area contributed by atoms with E-state index in [4.69, 9.17) is 4.52 Å². The van der Waals surface area contributed by atoms with Gasteiger partial charge in [0.05, 0.1) is 5.30 Å². The fourth-order valence-corrected chi connectivity index (χ4v) is 2.36. The molecule has 86 valence electrons. The molecule has 2 rings (SSSR count). The molecule has 0 aliphatic rings. The molecule has 0 radical (unpaired) electrons. The van der Waals surface area contributed by atoms with Crippen LogP contribution in [0.1, 0.15) is 2.85 Å². The van der Waals surface area contributed by atoms with Gasteiger partial charge >= 0.3 is 30.6 Å². The molecule has 2 aromatic carbocycles. The summed E-state index contributed by atoms with van der Waals surface area (Å²) in [5.74, 6) is 0.386. The third-order valence-electron chi connectivity index (χ3n) is 2.05. The van der Waals surface area contributed by atoms with E-state index >= 15 is 0 Å². The van der Waals surface area contributed by atoms with E-state index in [0.717, 1.165) is 0 Å². The summed E-state index contributed by atoms with van der Waals surface area (Å²) in [5, 5.41) is 0.291. The Morgan fingerprint density at radius 3 is 1.94 bits per heavy atom. The molecule has 5 heteroatoms. The Balaban J connectivity index is 0. The largest absolute Gasteiger partial charge is 2.00 e. The molecule has 17 heavy (non-hydrogen) atoms. The minimum Gasteiger partial charge on any atom is -1.00 e. The molecule has 0 amide bonds. The van der Waals surface area contributed by atoms with Crippen molar-refractivity contribution >= 4 is 36.0 Å². The number of hydrogen-bond acceptors (Lipinski definition) is 2. The molecule has 2 aromatic rings. The average Bonchev–Trinajstić information content (AvgIpc) is 2.31. The maximum Gasteiger partial charge on any atom is 2.00 e. The van der Waals surface area contributed by atoms with Crippen LogP contribution >= 0.6 is 7.60 Å². The summed E-state index contributed by atoms with van der Waals surface area (Å²) in [7, 11) is -3.77. The van der Waals surface area contributed by atoms with E-state index in [1.54, 1.807) is 54.6 Å². The van der Waals surface area contributed by atoms with Crippen molar-refractivity contribution in [3.05, 3.63) is 60.7 Å². The van der Waals surface area contributed by atoms with Gasteiger partial charge in [-0.05, 0) is 24.3 Å². The smallest absolute Gasteiger partial charge is 1.00 e. The van der Waals surface area contributed by atoms with Crippen LogP contribution in [0.5, 0.6) is 5.75 Å². The van der Waals surface area contributed by atoms with Crippen LogP contribution in [0, 0.1) is 0 Å². The van der Waals surface area contributed by atoms with E-state index in [9.17, 15) is 9.46 Å². The van der Waals surface area contributed by atoms with Crippen LogP contribution in [0.15, 0.2) is 60.7 Å². The second-order valence-electron chi connectivity index (χ2n) is 3.26. The summed E-state index contributed by atoms with van der Waals surface area (Å²) in [6.45, 7) is 0. The van der Waals surface area contributed by atoms with E-state index < -0.39 is 7.60 Å². The van der Waals surface area contributed by atoms with E-state index in [2.05, 4.69) is 0 Å². The standard InChI is InChI=1S/C12H11O3P.Mg.2H/c13-16(14,12-9-5-2-6-10-12)15-11-7-3-1-4-8-11;;;/h1-10H,(H,13,14);;;/q;+2;2*-1. The summed E-state index contributed by atoms with van der Waals surface area (Å²) >= 11 is 0. The first-order valence-corrected chi connectivity index (χ1v) is 6.39. The van der Waals surface area contributed by atoms with Gasteiger partial charge in [0.1, 0.15) is 5.75 Å². The Morgan fingerprint density at radius 1 is 0.941 bits per heavy atom. The first kappa shape index (κ1) is 14.3. The molecular weight excluding hydrogens is 247 g/mol. The quantitative estimate of drug-likeness (QED) is 0.681. The molecule has 0 spiro atoms. The van der Waals surface area contributed by atoms with Crippen molar-refractivity contribution in [2.45, 2.75) is 0 Å². The maximum atomic E-state index is 11.9. The van der Waals surface area contributed by atoms with Crippen molar-refractivity contribution in [3.63, 3.8) is 0 Å². The summed E-state index contributed by atoms with van der Waals surface area (Å²) in [6.07, 6.45) is 0. The van der Waals surface area contributed by atoms with Crippen molar-refractivity contribution in [2.24, 2.45) is 0 Å². The molecule has 0 aromatic heterocycles. The normalized spacial score (nSPS) is 13.2. The first-order chi connectivity index (χ1) is 7.68. The summed E-state index contributed by atoms with van der Waals surface area (Å²) < 4.78 is 17.0. The van der Waals surface area contributed by atoms with E-state index in [-0.39, 0.29) is 25.9 Å². The second kappa shape index (κ2) is 6.22. The average molecular weight is 261 g/mol. The minimum atomic E-state index is -3.77. The Bertz CT molecular complexity index is 511. The summed E-state index contributed by atoms with van der Waals surface area (Å²) in [4.78, 5) is 9.77. The number of benzene rings is 2. The van der Waals surface area contributed by atoms with Crippen molar-refractivity contribution in [2.75, 3.05) is 0 Å². The number of para-hydroxylation sites is 1. The topological polar surface area (TPSA) is 46.5 Å². The van der Waals surface area contributed by atoms with Gasteiger partial charge in [0.2, 0.25) is 0 Å². The van der Waals surface area contributed by atoms with Crippen molar-refractivity contribution in [3.8, 4) is 5.75 Å². The number of rotatable bonds is 3. The maximum absolute atomic E-state index is 11.9. The van der Waals surface area contributed by atoms with Crippen molar-refractivity contribution < 1.29 is 16.8 Å². The molecule has 0 bridgehead atoms. The van der Waals surface area contributed by atoms with Gasteiger partial charge in [-0.2, -0.15) is 0 Å². The fraction of sp³-hybridized carbons (Fsp3) is 0. The fourth-order valence-electron chi connectivity index (χ4n) is 1.29. The van der Waals surface area contributed by atoms with Gasteiger partial charge in [0.15, 0.2) is 0 Å². The van der Waals surface area contributed by atoms with Gasteiger partial charge in [-0.25, -0.2) is 4.57 Å². The third-order valence-corrected chi connectivity index (χ3v) is 3.46. The van der Waals surface area contributed by atoms with Gasteiger partial charge in [0.25, 0.3) is 0 Å². The minimum absolute atomic E-state index is 0. The zero-order chi connectivity index (χ0) is 11.4. The SMILES string of the molecule is O=P(O)(Oc1ccccc1)c1ccccc1.[H-].[H-].[Mg+2]. The third kappa shape index (κ3) is 3.86. The summed E-state index contributed by atoms with van der Waals surface area (Å²) in [5.41, 5.74) is 0. The zero-order valence-corrected chi connectivity index (χ0v) is 11.5.